The van der Waals surface area contributed by atoms with Gasteiger partial charge in [0.05, 0.1) is 0 Å². The summed E-state index contributed by atoms with van der Waals surface area (Å²) in [5.41, 5.74) is 4.53. The van der Waals surface area contributed by atoms with Gasteiger partial charge in [0.2, 0.25) is 0 Å². The first-order valence-electron chi connectivity index (χ1n) is 8.10. The highest BCUT2D eigenvalue weighted by atomic mass is 15.2. The molecule has 1 fully saturated rings. The first-order chi connectivity index (χ1) is 10.6. The second-order valence-electron chi connectivity index (χ2n) is 6.89. The van der Waals surface area contributed by atoms with Crippen molar-refractivity contribution in [3.05, 3.63) is 30.1 Å². The summed E-state index contributed by atoms with van der Waals surface area (Å²) in [4.78, 5) is 15.1. The van der Waals surface area contributed by atoms with E-state index in [2.05, 4.69) is 58.8 Å². The molecule has 4 nitrogen and oxygen atoms in total. The largest absolute Gasteiger partial charge is 0.354 e. The van der Waals surface area contributed by atoms with E-state index in [1.807, 2.05) is 0 Å². The molecule has 0 bridgehead atoms. The standard InChI is InChI=1S/C18H22N4/c1-11-7-12(2)9-22(8-11)18-17-16(19-10-20-18)15-13(3)5-4-6-14(15)21-17/h4-6,10-12,21H,7-9H2,1-3H3/t11-,12-/m0/s1. The predicted molar refractivity (Wildman–Crippen MR) is 91.3 cm³/mol. The zero-order valence-corrected chi connectivity index (χ0v) is 13.4. The van der Waals surface area contributed by atoms with Gasteiger partial charge in [0.25, 0.3) is 0 Å². The minimum Gasteiger partial charge on any atom is -0.354 e. The summed E-state index contributed by atoms with van der Waals surface area (Å²) in [7, 11) is 0. The van der Waals surface area contributed by atoms with Gasteiger partial charge in [0.1, 0.15) is 17.4 Å². The molecule has 114 valence electrons. The zero-order valence-electron chi connectivity index (χ0n) is 13.4. The Kier molecular flexibility index (Phi) is 3.06. The monoisotopic (exact) mass is 294 g/mol. The molecule has 1 aromatic carbocycles. The molecule has 3 heterocycles. The van der Waals surface area contributed by atoms with Crippen LogP contribution >= 0.6 is 0 Å². The van der Waals surface area contributed by atoms with Crippen molar-refractivity contribution in [1.82, 2.24) is 15.0 Å². The molecular formula is C18H22N4. The van der Waals surface area contributed by atoms with Crippen molar-refractivity contribution < 1.29 is 0 Å². The highest BCUT2D eigenvalue weighted by Gasteiger charge is 2.25. The van der Waals surface area contributed by atoms with Crippen molar-refractivity contribution in [3.63, 3.8) is 0 Å². The van der Waals surface area contributed by atoms with Crippen LogP contribution in [0.25, 0.3) is 21.9 Å². The molecule has 1 aliphatic heterocycles. The molecule has 1 aliphatic rings. The van der Waals surface area contributed by atoms with Crippen LogP contribution in [0.5, 0.6) is 0 Å². The number of hydrogen-bond acceptors (Lipinski definition) is 3. The Morgan fingerprint density at radius 1 is 1.14 bits per heavy atom. The minimum absolute atomic E-state index is 0.708. The van der Waals surface area contributed by atoms with Crippen LogP contribution in [-0.4, -0.2) is 28.0 Å². The SMILES string of the molecule is Cc1cccc2[nH]c3c(N4C[C@@H](C)C[C@H](C)C4)ncnc3c12. The first-order valence-corrected chi connectivity index (χ1v) is 8.10. The van der Waals surface area contributed by atoms with E-state index in [0.29, 0.717) is 11.8 Å². The highest BCUT2D eigenvalue weighted by Crippen LogP contribution is 2.33. The fourth-order valence-corrected chi connectivity index (χ4v) is 3.98. The summed E-state index contributed by atoms with van der Waals surface area (Å²) in [6.45, 7) is 8.95. The molecule has 1 saturated heterocycles. The lowest BCUT2D eigenvalue weighted by atomic mass is 9.92. The lowest BCUT2D eigenvalue weighted by Gasteiger charge is -2.35. The second-order valence-corrected chi connectivity index (χ2v) is 6.89. The maximum atomic E-state index is 4.61. The average molecular weight is 294 g/mol. The van der Waals surface area contributed by atoms with E-state index in [-0.39, 0.29) is 0 Å². The first kappa shape index (κ1) is 13.6. The Morgan fingerprint density at radius 2 is 1.91 bits per heavy atom. The third-order valence-electron chi connectivity index (χ3n) is 4.76. The lowest BCUT2D eigenvalue weighted by molar-refractivity contribution is 0.356. The van der Waals surface area contributed by atoms with Gasteiger partial charge in [-0.2, -0.15) is 0 Å². The van der Waals surface area contributed by atoms with Crippen LogP contribution in [0.4, 0.5) is 5.82 Å². The zero-order chi connectivity index (χ0) is 15.3. The average Bonchev–Trinajstić information content (AvgIpc) is 2.85. The van der Waals surface area contributed by atoms with Gasteiger partial charge in [-0.25, -0.2) is 9.97 Å². The van der Waals surface area contributed by atoms with Crippen molar-refractivity contribution >= 4 is 27.8 Å². The van der Waals surface area contributed by atoms with Gasteiger partial charge in [0.15, 0.2) is 5.82 Å². The van der Waals surface area contributed by atoms with Gasteiger partial charge in [-0.1, -0.05) is 26.0 Å². The Labute approximate surface area is 130 Å². The highest BCUT2D eigenvalue weighted by molar-refractivity contribution is 6.09. The number of piperidine rings is 1. The van der Waals surface area contributed by atoms with Crippen molar-refractivity contribution in [1.29, 1.82) is 0 Å². The molecule has 3 aromatic rings. The molecule has 4 rings (SSSR count). The molecule has 2 aromatic heterocycles. The molecule has 0 spiro atoms. The third kappa shape index (κ3) is 2.05. The van der Waals surface area contributed by atoms with Gasteiger partial charge in [-0.05, 0) is 36.8 Å². The molecule has 1 N–H and O–H groups in total. The van der Waals surface area contributed by atoms with E-state index in [4.69, 9.17) is 0 Å². The van der Waals surface area contributed by atoms with Crippen molar-refractivity contribution in [3.8, 4) is 0 Å². The smallest absolute Gasteiger partial charge is 0.156 e. The Balaban J connectivity index is 1.91. The van der Waals surface area contributed by atoms with Gasteiger partial charge in [-0.3, -0.25) is 0 Å². The summed E-state index contributed by atoms with van der Waals surface area (Å²) in [5.74, 6) is 2.47. The Hall–Kier alpha value is -2.10. The molecule has 2 atom stereocenters. The number of nitrogens with zero attached hydrogens (tertiary/aromatic N) is 3. The van der Waals surface area contributed by atoms with E-state index >= 15 is 0 Å². The summed E-state index contributed by atoms with van der Waals surface area (Å²) < 4.78 is 0. The van der Waals surface area contributed by atoms with E-state index in [9.17, 15) is 0 Å². The second kappa shape index (κ2) is 4.97. The number of aryl methyl sites for hydroxylation is 1. The molecule has 4 heteroatoms. The third-order valence-corrected chi connectivity index (χ3v) is 4.76. The maximum Gasteiger partial charge on any atom is 0.156 e. The molecule has 0 amide bonds. The number of nitrogens with one attached hydrogen (secondary N) is 1. The van der Waals surface area contributed by atoms with Crippen molar-refractivity contribution in [2.75, 3.05) is 18.0 Å². The Bertz CT molecular complexity index is 826. The van der Waals surface area contributed by atoms with Crippen LogP contribution in [-0.2, 0) is 0 Å². The van der Waals surface area contributed by atoms with Gasteiger partial charge in [0, 0.05) is 24.0 Å². The van der Waals surface area contributed by atoms with Gasteiger partial charge < -0.3 is 9.88 Å². The molecule has 0 saturated carbocycles. The normalized spacial score (nSPS) is 22.6. The number of rotatable bonds is 1. The van der Waals surface area contributed by atoms with Crippen LogP contribution in [0.1, 0.15) is 25.8 Å². The fraction of sp³-hybridized carbons (Fsp3) is 0.444. The van der Waals surface area contributed by atoms with E-state index in [1.165, 1.54) is 17.4 Å². The maximum absolute atomic E-state index is 4.61. The van der Waals surface area contributed by atoms with Crippen molar-refractivity contribution in [2.24, 2.45) is 11.8 Å². The summed E-state index contributed by atoms with van der Waals surface area (Å²) >= 11 is 0. The number of hydrogen-bond donors (Lipinski definition) is 1. The van der Waals surface area contributed by atoms with E-state index in [0.717, 1.165) is 35.5 Å². The van der Waals surface area contributed by atoms with Crippen LogP contribution in [0.2, 0.25) is 0 Å². The van der Waals surface area contributed by atoms with Gasteiger partial charge >= 0.3 is 0 Å². The van der Waals surface area contributed by atoms with Crippen LogP contribution in [0, 0.1) is 18.8 Å². The quantitative estimate of drug-likeness (QED) is 0.740. The number of H-pyrrole nitrogens is 1. The molecule has 0 unspecified atom stereocenters. The number of anilines is 1. The fourth-order valence-electron chi connectivity index (χ4n) is 3.98. The van der Waals surface area contributed by atoms with Crippen molar-refractivity contribution in [2.45, 2.75) is 27.2 Å². The lowest BCUT2D eigenvalue weighted by Crippen LogP contribution is -2.39. The summed E-state index contributed by atoms with van der Waals surface area (Å²) in [5, 5.41) is 1.22. The van der Waals surface area contributed by atoms with E-state index in [1.54, 1.807) is 6.33 Å². The molecule has 22 heavy (non-hydrogen) atoms. The van der Waals surface area contributed by atoms with Crippen LogP contribution < -0.4 is 4.90 Å². The predicted octanol–water partition coefficient (Wildman–Crippen LogP) is 3.90. The number of benzene rings is 1. The Morgan fingerprint density at radius 3 is 2.68 bits per heavy atom. The molecule has 0 aliphatic carbocycles. The van der Waals surface area contributed by atoms with Crippen LogP contribution in [0.15, 0.2) is 24.5 Å². The summed E-state index contributed by atoms with van der Waals surface area (Å²) in [6.07, 6.45) is 3.01. The number of aromatic nitrogens is 3. The van der Waals surface area contributed by atoms with Gasteiger partial charge in [-0.15, -0.1) is 0 Å². The number of fused-ring (bicyclic) bond motifs is 3. The molecular weight excluding hydrogens is 272 g/mol. The van der Waals surface area contributed by atoms with Crippen LogP contribution in [0.3, 0.4) is 0 Å². The minimum atomic E-state index is 0.708. The topological polar surface area (TPSA) is 44.8 Å². The number of aromatic amines is 1. The molecule has 0 radical (unpaired) electrons. The summed E-state index contributed by atoms with van der Waals surface area (Å²) in [6, 6.07) is 6.35. The van der Waals surface area contributed by atoms with E-state index < -0.39 is 0 Å².